The van der Waals surface area contributed by atoms with E-state index in [1.165, 1.54) is 0 Å². The van der Waals surface area contributed by atoms with Crippen molar-refractivity contribution in [2.45, 2.75) is 31.9 Å². The van der Waals surface area contributed by atoms with Gasteiger partial charge >= 0.3 is 6.03 Å². The molecule has 1 aliphatic heterocycles. The quantitative estimate of drug-likeness (QED) is 0.890. The van der Waals surface area contributed by atoms with E-state index in [1.807, 2.05) is 44.3 Å². The number of amides is 2. The van der Waals surface area contributed by atoms with Crippen LogP contribution in [0.15, 0.2) is 36.7 Å². The van der Waals surface area contributed by atoms with Gasteiger partial charge in [0.25, 0.3) is 0 Å². The zero-order valence-corrected chi connectivity index (χ0v) is 14.7. The van der Waals surface area contributed by atoms with E-state index in [2.05, 4.69) is 15.5 Å². The second-order valence-electron chi connectivity index (χ2n) is 6.65. The van der Waals surface area contributed by atoms with E-state index in [4.69, 9.17) is 0 Å². The summed E-state index contributed by atoms with van der Waals surface area (Å²) >= 11 is 0. The Kier molecular flexibility index (Phi) is 5.33. The van der Waals surface area contributed by atoms with Gasteiger partial charge in [-0.2, -0.15) is 0 Å². The first-order valence-corrected chi connectivity index (χ1v) is 8.68. The molecule has 2 heterocycles. The Morgan fingerprint density at radius 1 is 1.28 bits per heavy atom. The number of carbonyl (C=O) groups is 1. The number of aryl methyl sites for hydroxylation is 1. The molecular weight excluding hydrogens is 318 g/mol. The number of nitrogens with zero attached hydrogens (tertiary/aromatic N) is 4. The Labute approximate surface area is 147 Å². The van der Waals surface area contributed by atoms with Crippen molar-refractivity contribution in [3.8, 4) is 0 Å². The van der Waals surface area contributed by atoms with Crippen LogP contribution in [0, 0.1) is 5.92 Å². The molecular formula is C18H25N5O2. The molecule has 1 saturated heterocycles. The molecule has 0 aliphatic carbocycles. The molecule has 0 saturated carbocycles. The Hall–Kier alpha value is -2.41. The van der Waals surface area contributed by atoms with Crippen LogP contribution < -0.4 is 5.32 Å². The predicted molar refractivity (Wildman–Crippen MR) is 93.6 cm³/mol. The molecule has 7 nitrogen and oxygen atoms in total. The molecule has 0 spiro atoms. The first-order valence-electron chi connectivity index (χ1n) is 8.68. The van der Waals surface area contributed by atoms with Gasteiger partial charge in [0.15, 0.2) is 5.82 Å². The van der Waals surface area contributed by atoms with Crippen molar-refractivity contribution in [1.29, 1.82) is 0 Å². The zero-order valence-electron chi connectivity index (χ0n) is 14.7. The Bertz CT molecular complexity index is 695. The normalized spacial score (nSPS) is 18.0. The maximum Gasteiger partial charge on any atom is 0.317 e. The average Bonchev–Trinajstić information content (AvgIpc) is 3.08. The molecule has 1 fully saturated rings. The molecule has 0 unspecified atom stereocenters. The molecule has 7 heteroatoms. The lowest BCUT2D eigenvalue weighted by Crippen LogP contribution is -2.46. The minimum atomic E-state index is -0.469. The monoisotopic (exact) mass is 343 g/mol. The summed E-state index contributed by atoms with van der Waals surface area (Å²) in [5.41, 5.74) is 0.946. The number of hydrogen-bond acceptors (Lipinski definition) is 4. The van der Waals surface area contributed by atoms with Crippen LogP contribution in [0.25, 0.3) is 0 Å². The van der Waals surface area contributed by atoms with Gasteiger partial charge in [-0.15, -0.1) is 10.2 Å². The Morgan fingerprint density at radius 3 is 2.56 bits per heavy atom. The maximum atomic E-state index is 12.5. The predicted octanol–water partition coefficient (Wildman–Crippen LogP) is 2.03. The lowest BCUT2D eigenvalue weighted by atomic mass is 9.87. The highest BCUT2D eigenvalue weighted by molar-refractivity contribution is 5.74. The zero-order chi connectivity index (χ0) is 17.8. The first-order chi connectivity index (χ1) is 12.1. The van der Waals surface area contributed by atoms with E-state index in [-0.39, 0.29) is 18.0 Å². The Balaban J connectivity index is 1.52. The minimum absolute atomic E-state index is 0.0943. The third kappa shape index (κ3) is 3.99. The van der Waals surface area contributed by atoms with Gasteiger partial charge in [0, 0.05) is 20.1 Å². The van der Waals surface area contributed by atoms with Crippen molar-refractivity contribution in [2.75, 3.05) is 13.1 Å². The highest BCUT2D eigenvalue weighted by atomic mass is 16.3. The van der Waals surface area contributed by atoms with Crippen LogP contribution in [0.4, 0.5) is 4.79 Å². The number of aromatic nitrogens is 3. The smallest absolute Gasteiger partial charge is 0.317 e. The summed E-state index contributed by atoms with van der Waals surface area (Å²) in [6.45, 7) is 3.19. The molecule has 2 aromatic rings. The number of benzene rings is 1. The van der Waals surface area contributed by atoms with Gasteiger partial charge in [-0.1, -0.05) is 30.3 Å². The summed E-state index contributed by atoms with van der Waals surface area (Å²) in [5.74, 6) is 0.908. The fraction of sp³-hybridized carbons (Fsp3) is 0.500. The van der Waals surface area contributed by atoms with Crippen LogP contribution in [0.1, 0.15) is 43.3 Å². The number of likely N-dealkylation sites (tertiary alicyclic amines) is 1. The molecule has 134 valence electrons. The second-order valence-corrected chi connectivity index (χ2v) is 6.65. The van der Waals surface area contributed by atoms with E-state index in [0.717, 1.165) is 24.2 Å². The fourth-order valence-electron chi connectivity index (χ4n) is 3.37. The van der Waals surface area contributed by atoms with E-state index in [1.54, 1.807) is 15.8 Å². The van der Waals surface area contributed by atoms with Crippen molar-refractivity contribution >= 4 is 6.03 Å². The highest BCUT2D eigenvalue weighted by Gasteiger charge is 2.29. The molecule has 2 atom stereocenters. The first kappa shape index (κ1) is 17.4. The summed E-state index contributed by atoms with van der Waals surface area (Å²) < 4.78 is 1.80. The number of rotatable bonds is 4. The molecule has 1 aliphatic rings. The van der Waals surface area contributed by atoms with E-state index in [9.17, 15) is 9.90 Å². The van der Waals surface area contributed by atoms with Crippen LogP contribution in [-0.2, 0) is 7.05 Å². The summed E-state index contributed by atoms with van der Waals surface area (Å²) in [4.78, 5) is 14.3. The average molecular weight is 343 g/mol. The number of carbonyl (C=O) groups excluding carboxylic acids is 1. The largest absolute Gasteiger partial charge is 0.388 e. The lowest BCUT2D eigenvalue weighted by Gasteiger charge is -2.34. The molecule has 2 N–H and O–H groups in total. The number of aliphatic hydroxyl groups excluding tert-OH is 1. The number of aliphatic hydroxyl groups is 1. The van der Waals surface area contributed by atoms with Crippen molar-refractivity contribution in [3.63, 3.8) is 0 Å². The summed E-state index contributed by atoms with van der Waals surface area (Å²) in [7, 11) is 1.86. The van der Waals surface area contributed by atoms with Crippen LogP contribution in [0.3, 0.4) is 0 Å². The lowest BCUT2D eigenvalue weighted by molar-refractivity contribution is 0.0661. The maximum absolute atomic E-state index is 12.5. The third-order valence-corrected chi connectivity index (χ3v) is 4.89. The fourth-order valence-corrected chi connectivity index (χ4v) is 3.37. The molecule has 3 rings (SSSR count). The van der Waals surface area contributed by atoms with Gasteiger partial charge in [-0.3, -0.25) is 0 Å². The van der Waals surface area contributed by atoms with Crippen molar-refractivity contribution in [1.82, 2.24) is 25.0 Å². The molecule has 25 heavy (non-hydrogen) atoms. The van der Waals surface area contributed by atoms with Crippen LogP contribution in [0.2, 0.25) is 0 Å². The van der Waals surface area contributed by atoms with Crippen molar-refractivity contribution < 1.29 is 9.90 Å². The van der Waals surface area contributed by atoms with Crippen molar-refractivity contribution in [3.05, 3.63) is 48.0 Å². The number of nitrogens with one attached hydrogen (secondary N) is 1. The van der Waals surface area contributed by atoms with Gasteiger partial charge in [0.1, 0.15) is 6.33 Å². The topological polar surface area (TPSA) is 83.3 Å². The summed E-state index contributed by atoms with van der Waals surface area (Å²) in [6, 6.07) is 9.43. The Morgan fingerprint density at radius 2 is 1.96 bits per heavy atom. The molecule has 1 aromatic carbocycles. The van der Waals surface area contributed by atoms with E-state index >= 15 is 0 Å². The van der Waals surface area contributed by atoms with E-state index < -0.39 is 6.10 Å². The van der Waals surface area contributed by atoms with Crippen LogP contribution in [-0.4, -0.2) is 43.9 Å². The van der Waals surface area contributed by atoms with Crippen LogP contribution in [0.5, 0.6) is 0 Å². The highest BCUT2D eigenvalue weighted by Crippen LogP contribution is 2.30. The minimum Gasteiger partial charge on any atom is -0.388 e. The van der Waals surface area contributed by atoms with Crippen molar-refractivity contribution in [2.24, 2.45) is 13.0 Å². The molecule has 0 radical (unpaired) electrons. The summed E-state index contributed by atoms with van der Waals surface area (Å²) in [6.07, 6.45) is 2.74. The van der Waals surface area contributed by atoms with Crippen LogP contribution >= 0.6 is 0 Å². The second kappa shape index (κ2) is 7.65. The van der Waals surface area contributed by atoms with Gasteiger partial charge in [0.2, 0.25) is 0 Å². The van der Waals surface area contributed by atoms with Gasteiger partial charge in [-0.25, -0.2) is 4.79 Å². The standard InChI is InChI=1S/C18H25N5O2/c1-13(17-21-19-12-22(17)2)20-18(25)23-10-8-15(9-11-23)16(24)14-6-4-3-5-7-14/h3-7,12-13,15-16,24H,8-11H2,1-2H3,(H,20,25)/t13-,16+/m1/s1. The van der Waals surface area contributed by atoms with E-state index in [0.29, 0.717) is 13.1 Å². The molecule has 0 bridgehead atoms. The third-order valence-electron chi connectivity index (χ3n) is 4.89. The van der Waals surface area contributed by atoms with Gasteiger partial charge < -0.3 is 19.9 Å². The van der Waals surface area contributed by atoms with Gasteiger partial charge in [-0.05, 0) is 31.2 Å². The number of urea groups is 1. The number of hydrogen-bond donors (Lipinski definition) is 2. The molecule has 2 amide bonds. The van der Waals surface area contributed by atoms with Gasteiger partial charge in [0.05, 0.1) is 12.1 Å². The SMILES string of the molecule is C[C@@H](NC(=O)N1CCC([C@@H](O)c2ccccc2)CC1)c1nncn1C. The molecule has 1 aromatic heterocycles. The summed E-state index contributed by atoms with van der Waals surface area (Å²) in [5, 5.41) is 21.4. The number of piperidine rings is 1.